The Balaban J connectivity index is 2.25. The Bertz CT molecular complexity index is 491. The molecule has 8 nitrogen and oxygen atoms in total. The molecule has 8 heteroatoms. The molecule has 1 aliphatic heterocycles. The monoisotopic (exact) mass is 271 g/mol. The molecule has 0 saturated carbocycles. The fraction of sp³-hybridized carbons (Fsp3) is 0.636. The van der Waals surface area contributed by atoms with Gasteiger partial charge in [-0.2, -0.15) is 4.98 Å². The lowest BCUT2D eigenvalue weighted by Crippen LogP contribution is -2.36. The molecule has 106 valence electrons. The first kappa shape index (κ1) is 13.9. The second-order valence-electron chi connectivity index (χ2n) is 4.26. The van der Waals surface area contributed by atoms with E-state index in [4.69, 9.17) is 9.84 Å². The van der Waals surface area contributed by atoms with Crippen LogP contribution >= 0.6 is 0 Å². The van der Waals surface area contributed by atoms with Gasteiger partial charge in [0.15, 0.2) is 6.23 Å². The number of ether oxygens (including phenoxy) is 1. The van der Waals surface area contributed by atoms with Gasteiger partial charge in [-0.3, -0.25) is 4.57 Å². The summed E-state index contributed by atoms with van der Waals surface area (Å²) < 4.78 is 6.34. The Labute approximate surface area is 109 Å². The standard InChI is InChI=1S/C11H17N3O5/c1-2-12-7-3-4-14(11(18)13-7)10-9(17)8(16)6(5-15)19-10/h3-4,6,8-10,15-17H,2,5H2,1H3,(H,12,13,18)/t6-,8-,9-,10-/m1/s1. The minimum absolute atomic E-state index is 0.426. The summed E-state index contributed by atoms with van der Waals surface area (Å²) in [5, 5.41) is 31.3. The van der Waals surface area contributed by atoms with E-state index in [2.05, 4.69) is 10.3 Å². The number of aromatic nitrogens is 2. The Morgan fingerprint density at radius 1 is 1.47 bits per heavy atom. The van der Waals surface area contributed by atoms with Gasteiger partial charge in [-0.25, -0.2) is 4.79 Å². The van der Waals surface area contributed by atoms with E-state index in [1.165, 1.54) is 6.20 Å². The molecule has 0 amide bonds. The van der Waals surface area contributed by atoms with Crippen LogP contribution in [0.2, 0.25) is 0 Å². The third-order valence-corrected chi connectivity index (χ3v) is 2.98. The highest BCUT2D eigenvalue weighted by atomic mass is 16.6. The SMILES string of the molecule is CCNc1ccn([C@@H]2O[C@H](CO)[C@@H](O)[C@H]2O)c(=O)n1. The van der Waals surface area contributed by atoms with Crippen molar-refractivity contribution in [3.8, 4) is 0 Å². The molecule has 2 heterocycles. The van der Waals surface area contributed by atoms with E-state index in [9.17, 15) is 15.0 Å². The zero-order chi connectivity index (χ0) is 14.0. The highest BCUT2D eigenvalue weighted by Crippen LogP contribution is 2.27. The maximum absolute atomic E-state index is 11.8. The summed E-state index contributed by atoms with van der Waals surface area (Å²) in [7, 11) is 0. The molecular formula is C11H17N3O5. The Kier molecular flexibility index (Phi) is 4.15. The summed E-state index contributed by atoms with van der Waals surface area (Å²) >= 11 is 0. The zero-order valence-corrected chi connectivity index (χ0v) is 10.4. The van der Waals surface area contributed by atoms with Crippen LogP contribution in [-0.2, 0) is 4.74 Å². The van der Waals surface area contributed by atoms with E-state index < -0.39 is 36.8 Å². The third kappa shape index (κ3) is 2.61. The van der Waals surface area contributed by atoms with Crippen molar-refractivity contribution in [2.24, 2.45) is 0 Å². The molecule has 4 atom stereocenters. The average molecular weight is 271 g/mol. The van der Waals surface area contributed by atoms with Crippen LogP contribution in [0.3, 0.4) is 0 Å². The lowest BCUT2D eigenvalue weighted by molar-refractivity contribution is -0.0549. The van der Waals surface area contributed by atoms with Gasteiger partial charge >= 0.3 is 5.69 Å². The molecule has 0 spiro atoms. The minimum Gasteiger partial charge on any atom is -0.394 e. The second kappa shape index (κ2) is 5.66. The largest absolute Gasteiger partial charge is 0.394 e. The first-order chi connectivity index (χ1) is 9.08. The second-order valence-corrected chi connectivity index (χ2v) is 4.26. The molecule has 1 saturated heterocycles. The number of hydrogen-bond donors (Lipinski definition) is 4. The van der Waals surface area contributed by atoms with Gasteiger partial charge < -0.3 is 25.4 Å². The number of rotatable bonds is 4. The average Bonchev–Trinajstić information content (AvgIpc) is 2.67. The van der Waals surface area contributed by atoms with Crippen LogP contribution in [0.1, 0.15) is 13.2 Å². The summed E-state index contributed by atoms with van der Waals surface area (Å²) in [4.78, 5) is 15.6. The lowest BCUT2D eigenvalue weighted by atomic mass is 10.1. The Morgan fingerprint density at radius 3 is 2.74 bits per heavy atom. The van der Waals surface area contributed by atoms with E-state index in [0.717, 1.165) is 4.57 Å². The maximum atomic E-state index is 11.8. The van der Waals surface area contributed by atoms with Crippen molar-refractivity contribution < 1.29 is 20.1 Å². The number of anilines is 1. The molecule has 2 rings (SSSR count). The van der Waals surface area contributed by atoms with Crippen LogP contribution < -0.4 is 11.0 Å². The summed E-state index contributed by atoms with van der Waals surface area (Å²) in [6, 6.07) is 1.57. The van der Waals surface area contributed by atoms with Gasteiger partial charge in [0.05, 0.1) is 6.61 Å². The Morgan fingerprint density at radius 2 is 2.21 bits per heavy atom. The van der Waals surface area contributed by atoms with Crippen LogP contribution in [0, 0.1) is 0 Å². The molecule has 19 heavy (non-hydrogen) atoms. The van der Waals surface area contributed by atoms with E-state index >= 15 is 0 Å². The maximum Gasteiger partial charge on any atom is 0.351 e. The van der Waals surface area contributed by atoms with Gasteiger partial charge in [0.2, 0.25) is 0 Å². The molecule has 1 fully saturated rings. The van der Waals surface area contributed by atoms with Crippen molar-refractivity contribution in [3.63, 3.8) is 0 Å². The summed E-state index contributed by atoms with van der Waals surface area (Å²) in [5.74, 6) is 0.426. The number of aliphatic hydroxyl groups is 3. The van der Waals surface area contributed by atoms with Crippen molar-refractivity contribution >= 4 is 5.82 Å². The van der Waals surface area contributed by atoms with E-state index in [-0.39, 0.29) is 0 Å². The molecule has 0 aromatic carbocycles. The molecule has 1 aliphatic rings. The summed E-state index contributed by atoms with van der Waals surface area (Å²) in [6.45, 7) is 2.07. The summed E-state index contributed by atoms with van der Waals surface area (Å²) in [6.07, 6.45) is -3.08. The van der Waals surface area contributed by atoms with Crippen molar-refractivity contribution in [1.82, 2.24) is 9.55 Å². The van der Waals surface area contributed by atoms with E-state index in [1.54, 1.807) is 6.07 Å². The predicted molar refractivity (Wildman–Crippen MR) is 65.7 cm³/mol. The van der Waals surface area contributed by atoms with E-state index in [0.29, 0.717) is 12.4 Å². The van der Waals surface area contributed by atoms with Gasteiger partial charge in [-0.05, 0) is 13.0 Å². The molecule has 0 bridgehead atoms. The fourth-order valence-corrected chi connectivity index (χ4v) is 2.00. The molecular weight excluding hydrogens is 254 g/mol. The lowest BCUT2D eigenvalue weighted by Gasteiger charge is -2.17. The van der Waals surface area contributed by atoms with Gasteiger partial charge in [0.1, 0.15) is 24.1 Å². The van der Waals surface area contributed by atoms with Crippen LogP contribution in [0.4, 0.5) is 5.82 Å². The first-order valence-corrected chi connectivity index (χ1v) is 6.04. The molecule has 1 aromatic heterocycles. The van der Waals surface area contributed by atoms with Crippen molar-refractivity contribution in [2.75, 3.05) is 18.5 Å². The molecule has 4 N–H and O–H groups in total. The smallest absolute Gasteiger partial charge is 0.351 e. The van der Waals surface area contributed by atoms with Crippen LogP contribution in [0.25, 0.3) is 0 Å². The highest BCUT2D eigenvalue weighted by molar-refractivity contribution is 5.31. The number of aliphatic hydroxyl groups excluding tert-OH is 3. The normalized spacial score (nSPS) is 30.5. The number of hydrogen-bond acceptors (Lipinski definition) is 7. The van der Waals surface area contributed by atoms with Crippen LogP contribution in [-0.4, -0.2) is 56.3 Å². The topological polar surface area (TPSA) is 117 Å². The zero-order valence-electron chi connectivity index (χ0n) is 10.4. The van der Waals surface area contributed by atoms with Crippen molar-refractivity contribution in [2.45, 2.75) is 31.5 Å². The molecule has 1 aromatic rings. The predicted octanol–water partition coefficient (Wildman–Crippen LogP) is -1.71. The number of nitrogens with one attached hydrogen (secondary N) is 1. The van der Waals surface area contributed by atoms with Crippen molar-refractivity contribution in [3.05, 3.63) is 22.7 Å². The van der Waals surface area contributed by atoms with Gasteiger partial charge in [0, 0.05) is 12.7 Å². The quantitative estimate of drug-likeness (QED) is 0.515. The highest BCUT2D eigenvalue weighted by Gasteiger charge is 2.43. The van der Waals surface area contributed by atoms with Crippen LogP contribution in [0.5, 0.6) is 0 Å². The third-order valence-electron chi connectivity index (χ3n) is 2.98. The van der Waals surface area contributed by atoms with Gasteiger partial charge in [-0.15, -0.1) is 0 Å². The first-order valence-electron chi connectivity index (χ1n) is 6.04. The van der Waals surface area contributed by atoms with Gasteiger partial charge in [0.25, 0.3) is 0 Å². The molecule has 0 aliphatic carbocycles. The number of nitrogens with zero attached hydrogens (tertiary/aromatic N) is 2. The van der Waals surface area contributed by atoms with Crippen LogP contribution in [0.15, 0.2) is 17.1 Å². The van der Waals surface area contributed by atoms with E-state index in [1.807, 2.05) is 6.92 Å². The van der Waals surface area contributed by atoms with Gasteiger partial charge in [-0.1, -0.05) is 0 Å². The molecule has 0 unspecified atom stereocenters. The molecule has 0 radical (unpaired) electrons. The summed E-state index contributed by atoms with van der Waals surface area (Å²) in [5.41, 5.74) is -0.603. The fourth-order valence-electron chi connectivity index (χ4n) is 2.00. The van der Waals surface area contributed by atoms with Crippen molar-refractivity contribution in [1.29, 1.82) is 0 Å². The minimum atomic E-state index is -1.29. The Hall–Kier alpha value is -1.48.